The normalized spacial score (nSPS) is 12.4. The molecule has 1 unspecified atom stereocenters. The zero-order valence-electron chi connectivity index (χ0n) is 35.5. The van der Waals surface area contributed by atoms with Crippen LogP contribution in [-0.2, 0) is 28.6 Å². The Hall–Kier alpha value is -2.63. The zero-order valence-corrected chi connectivity index (χ0v) is 35.5. The third kappa shape index (κ3) is 40.6. The topological polar surface area (TPSA) is 78.9 Å². The third-order valence-electron chi connectivity index (χ3n) is 9.57. The lowest BCUT2D eigenvalue weighted by atomic mass is 10.0. The lowest BCUT2D eigenvalue weighted by Gasteiger charge is -2.18. The monoisotopic (exact) mass is 757 g/mol. The van der Waals surface area contributed by atoms with Crippen LogP contribution in [0.4, 0.5) is 0 Å². The van der Waals surface area contributed by atoms with Crippen LogP contribution in [0.5, 0.6) is 0 Å². The second kappa shape index (κ2) is 43.1. The Balaban J connectivity index is 4.41. The van der Waals surface area contributed by atoms with Crippen molar-refractivity contribution in [3.63, 3.8) is 0 Å². The molecule has 0 amide bonds. The molecule has 0 saturated heterocycles. The summed E-state index contributed by atoms with van der Waals surface area (Å²) in [7, 11) is 0. The van der Waals surface area contributed by atoms with Gasteiger partial charge in [-0.3, -0.25) is 14.4 Å². The molecular weight excluding hydrogens is 673 g/mol. The molecule has 0 N–H and O–H groups in total. The standard InChI is InChI=1S/C48H84O6/c1-4-7-10-13-16-19-21-23-25-26-29-32-35-38-41-47(50)53-44-45(43-52-46(49)40-37-34-31-28-18-15-12-9-6-3)54-48(51)42-39-36-33-30-27-24-22-20-17-14-11-8-5-2/h7,10,16,19,23,25,28,31,45H,4-6,8-9,11-15,17-18,20-22,24,26-27,29-30,32-44H2,1-3H3/b10-7-,19-16-,25-23-,31-28-. The molecular formula is C48H84O6. The molecule has 0 bridgehead atoms. The zero-order chi connectivity index (χ0) is 39.4. The Labute approximate surface area is 333 Å². The van der Waals surface area contributed by atoms with Crippen molar-refractivity contribution in [2.45, 2.75) is 226 Å². The van der Waals surface area contributed by atoms with E-state index < -0.39 is 6.10 Å². The minimum absolute atomic E-state index is 0.0919. The molecule has 6 nitrogen and oxygen atoms in total. The number of carbonyl (C=O) groups is 3. The van der Waals surface area contributed by atoms with Gasteiger partial charge in [-0.2, -0.15) is 0 Å². The summed E-state index contributed by atoms with van der Waals surface area (Å²) in [5, 5.41) is 0. The Bertz CT molecular complexity index is 964. The molecule has 1 atom stereocenters. The van der Waals surface area contributed by atoms with Crippen molar-refractivity contribution in [1.82, 2.24) is 0 Å². The maximum atomic E-state index is 12.7. The second-order valence-corrected chi connectivity index (χ2v) is 14.9. The molecule has 0 saturated carbocycles. The van der Waals surface area contributed by atoms with Gasteiger partial charge < -0.3 is 14.2 Å². The van der Waals surface area contributed by atoms with Crippen molar-refractivity contribution in [1.29, 1.82) is 0 Å². The van der Waals surface area contributed by atoms with E-state index in [0.717, 1.165) is 83.5 Å². The third-order valence-corrected chi connectivity index (χ3v) is 9.57. The second-order valence-electron chi connectivity index (χ2n) is 14.9. The Kier molecular flexibility index (Phi) is 41.0. The summed E-state index contributed by atoms with van der Waals surface area (Å²) in [6, 6.07) is 0. The Morgan fingerprint density at radius 3 is 1.24 bits per heavy atom. The number of hydrogen-bond acceptors (Lipinski definition) is 6. The summed E-state index contributed by atoms with van der Waals surface area (Å²) in [4.78, 5) is 37.6. The molecule has 6 heteroatoms. The minimum atomic E-state index is -0.787. The van der Waals surface area contributed by atoms with E-state index in [4.69, 9.17) is 14.2 Å². The van der Waals surface area contributed by atoms with E-state index in [9.17, 15) is 14.4 Å². The van der Waals surface area contributed by atoms with Gasteiger partial charge in [0, 0.05) is 19.3 Å². The van der Waals surface area contributed by atoms with Gasteiger partial charge in [0.1, 0.15) is 13.2 Å². The van der Waals surface area contributed by atoms with Crippen LogP contribution in [0.1, 0.15) is 220 Å². The van der Waals surface area contributed by atoms with Gasteiger partial charge in [0.25, 0.3) is 0 Å². The summed E-state index contributed by atoms with van der Waals surface area (Å²) in [5.74, 6) is -0.949. The highest BCUT2D eigenvalue weighted by Gasteiger charge is 2.19. The summed E-state index contributed by atoms with van der Waals surface area (Å²) in [6.07, 6.45) is 49.6. The quantitative estimate of drug-likeness (QED) is 0.0268. The first-order valence-corrected chi connectivity index (χ1v) is 22.6. The van der Waals surface area contributed by atoms with Crippen molar-refractivity contribution in [3.8, 4) is 0 Å². The van der Waals surface area contributed by atoms with Crippen LogP contribution in [0, 0.1) is 0 Å². The maximum Gasteiger partial charge on any atom is 0.306 e. The van der Waals surface area contributed by atoms with Crippen LogP contribution in [0.15, 0.2) is 48.6 Å². The maximum absolute atomic E-state index is 12.7. The SMILES string of the molecule is CC/C=C\C/C=C\C/C=C\CCCCCCC(=O)OCC(COC(=O)CCC/C=C\CCCCCC)OC(=O)CCCCCCCCCCCCCCC. The van der Waals surface area contributed by atoms with Gasteiger partial charge in [0.15, 0.2) is 6.10 Å². The van der Waals surface area contributed by atoms with E-state index in [0.29, 0.717) is 25.7 Å². The number of rotatable bonds is 40. The average molecular weight is 757 g/mol. The van der Waals surface area contributed by atoms with Crippen molar-refractivity contribution in [2.24, 2.45) is 0 Å². The molecule has 0 aromatic rings. The molecule has 0 aromatic carbocycles. The summed E-state index contributed by atoms with van der Waals surface area (Å²) >= 11 is 0. The van der Waals surface area contributed by atoms with Gasteiger partial charge >= 0.3 is 17.9 Å². The number of ether oxygens (including phenoxy) is 3. The van der Waals surface area contributed by atoms with Crippen molar-refractivity contribution >= 4 is 17.9 Å². The molecule has 0 heterocycles. The summed E-state index contributed by atoms with van der Waals surface area (Å²) in [6.45, 7) is 6.43. The molecule has 0 spiro atoms. The number of unbranched alkanes of at least 4 members (excludes halogenated alkanes) is 21. The molecule has 0 aliphatic carbocycles. The smallest absolute Gasteiger partial charge is 0.306 e. The molecule has 312 valence electrons. The van der Waals surface area contributed by atoms with Crippen molar-refractivity contribution in [3.05, 3.63) is 48.6 Å². The van der Waals surface area contributed by atoms with E-state index in [2.05, 4.69) is 69.4 Å². The Morgan fingerprint density at radius 2 is 0.741 bits per heavy atom. The van der Waals surface area contributed by atoms with Gasteiger partial charge in [-0.25, -0.2) is 0 Å². The predicted molar refractivity (Wildman–Crippen MR) is 229 cm³/mol. The lowest BCUT2D eigenvalue weighted by Crippen LogP contribution is -2.30. The van der Waals surface area contributed by atoms with Crippen LogP contribution in [0.3, 0.4) is 0 Å². The van der Waals surface area contributed by atoms with Crippen molar-refractivity contribution in [2.75, 3.05) is 13.2 Å². The molecule has 0 radical (unpaired) electrons. The molecule has 54 heavy (non-hydrogen) atoms. The van der Waals surface area contributed by atoms with Gasteiger partial charge in [-0.05, 0) is 70.6 Å². The summed E-state index contributed by atoms with van der Waals surface area (Å²) in [5.41, 5.74) is 0. The first kappa shape index (κ1) is 51.4. The van der Waals surface area contributed by atoms with Crippen LogP contribution in [-0.4, -0.2) is 37.2 Å². The van der Waals surface area contributed by atoms with Crippen LogP contribution in [0.25, 0.3) is 0 Å². The van der Waals surface area contributed by atoms with Crippen LogP contribution >= 0.6 is 0 Å². The van der Waals surface area contributed by atoms with E-state index in [-0.39, 0.29) is 31.1 Å². The molecule has 0 aromatic heterocycles. The van der Waals surface area contributed by atoms with E-state index in [1.807, 2.05) is 0 Å². The fraction of sp³-hybridized carbons (Fsp3) is 0.771. The average Bonchev–Trinajstić information content (AvgIpc) is 3.17. The highest BCUT2D eigenvalue weighted by Crippen LogP contribution is 2.14. The number of carbonyl (C=O) groups excluding carboxylic acids is 3. The highest BCUT2D eigenvalue weighted by molar-refractivity contribution is 5.71. The lowest BCUT2D eigenvalue weighted by molar-refractivity contribution is -0.167. The first-order chi connectivity index (χ1) is 26.5. The predicted octanol–water partition coefficient (Wildman–Crippen LogP) is 14.4. The van der Waals surface area contributed by atoms with E-state index in [1.165, 1.54) is 89.9 Å². The number of esters is 3. The summed E-state index contributed by atoms with van der Waals surface area (Å²) < 4.78 is 16.6. The van der Waals surface area contributed by atoms with E-state index >= 15 is 0 Å². The van der Waals surface area contributed by atoms with Crippen LogP contribution in [0.2, 0.25) is 0 Å². The first-order valence-electron chi connectivity index (χ1n) is 22.6. The van der Waals surface area contributed by atoms with Gasteiger partial charge in [-0.15, -0.1) is 0 Å². The molecule has 0 aliphatic rings. The molecule has 0 rings (SSSR count). The minimum Gasteiger partial charge on any atom is -0.462 e. The van der Waals surface area contributed by atoms with Crippen LogP contribution < -0.4 is 0 Å². The van der Waals surface area contributed by atoms with Gasteiger partial charge in [-0.1, -0.05) is 179 Å². The molecule has 0 fully saturated rings. The fourth-order valence-corrected chi connectivity index (χ4v) is 6.16. The largest absolute Gasteiger partial charge is 0.462 e. The van der Waals surface area contributed by atoms with E-state index in [1.54, 1.807) is 0 Å². The number of allylic oxidation sites excluding steroid dienone is 8. The Morgan fingerprint density at radius 1 is 0.389 bits per heavy atom. The highest BCUT2D eigenvalue weighted by atomic mass is 16.6. The van der Waals surface area contributed by atoms with Gasteiger partial charge in [0.2, 0.25) is 0 Å². The fourth-order valence-electron chi connectivity index (χ4n) is 6.16. The number of hydrogen-bond donors (Lipinski definition) is 0. The molecule has 0 aliphatic heterocycles. The van der Waals surface area contributed by atoms with Crippen molar-refractivity contribution < 1.29 is 28.6 Å². The van der Waals surface area contributed by atoms with Gasteiger partial charge in [0.05, 0.1) is 0 Å².